The minimum absolute atomic E-state index is 0.145. The van der Waals surface area contributed by atoms with Gasteiger partial charge >= 0.3 is 0 Å². The number of phenols is 1. The first-order valence-corrected chi connectivity index (χ1v) is 8.04. The average Bonchev–Trinajstić information content (AvgIpc) is 2.67. The van der Waals surface area contributed by atoms with Crippen LogP contribution in [0.25, 0.3) is 11.1 Å². The van der Waals surface area contributed by atoms with Gasteiger partial charge in [0.2, 0.25) is 11.7 Å². The number of aromatic nitrogens is 2. The van der Waals surface area contributed by atoms with Crippen LogP contribution in [0.4, 0.5) is 17.5 Å². The third-order valence-electron chi connectivity index (χ3n) is 3.90. The zero-order chi connectivity index (χ0) is 19.4. The van der Waals surface area contributed by atoms with E-state index in [0.717, 1.165) is 5.56 Å². The Morgan fingerprint density at radius 3 is 2.26 bits per heavy atom. The second-order valence-corrected chi connectivity index (χ2v) is 5.58. The summed E-state index contributed by atoms with van der Waals surface area (Å²) < 4.78 is 16.0. The molecule has 3 rings (SSSR count). The Morgan fingerprint density at radius 1 is 1.00 bits per heavy atom. The van der Waals surface area contributed by atoms with E-state index in [1.54, 1.807) is 50.7 Å². The lowest BCUT2D eigenvalue weighted by Crippen LogP contribution is -2.03. The van der Waals surface area contributed by atoms with Crippen LogP contribution in [0.3, 0.4) is 0 Å². The molecule has 27 heavy (non-hydrogen) atoms. The smallest absolute Gasteiger partial charge is 0.229 e. The van der Waals surface area contributed by atoms with Crippen molar-refractivity contribution in [2.24, 2.45) is 0 Å². The molecule has 0 spiro atoms. The van der Waals surface area contributed by atoms with Gasteiger partial charge in [0.25, 0.3) is 0 Å². The van der Waals surface area contributed by atoms with E-state index in [4.69, 9.17) is 19.9 Å². The van der Waals surface area contributed by atoms with E-state index >= 15 is 0 Å². The van der Waals surface area contributed by atoms with E-state index in [1.165, 1.54) is 7.11 Å². The van der Waals surface area contributed by atoms with E-state index in [1.807, 2.05) is 6.07 Å². The number of rotatable bonds is 6. The van der Waals surface area contributed by atoms with Crippen molar-refractivity contribution >= 4 is 17.5 Å². The number of methoxy groups -OCH3 is 3. The lowest BCUT2D eigenvalue weighted by atomic mass is 10.1. The van der Waals surface area contributed by atoms with Crippen molar-refractivity contribution in [2.75, 3.05) is 32.4 Å². The number of ether oxygens (including phenoxy) is 3. The van der Waals surface area contributed by atoms with Gasteiger partial charge in [0.1, 0.15) is 11.6 Å². The van der Waals surface area contributed by atoms with Gasteiger partial charge in [-0.2, -0.15) is 4.98 Å². The highest BCUT2D eigenvalue weighted by Crippen LogP contribution is 2.40. The van der Waals surface area contributed by atoms with Crippen molar-refractivity contribution in [3.05, 3.63) is 42.6 Å². The first kappa shape index (κ1) is 18.1. The number of aromatic hydroxyl groups is 1. The Kier molecular flexibility index (Phi) is 5.16. The van der Waals surface area contributed by atoms with E-state index in [2.05, 4.69) is 15.3 Å². The molecule has 0 amide bonds. The summed E-state index contributed by atoms with van der Waals surface area (Å²) in [6.07, 6.45) is 1.59. The van der Waals surface area contributed by atoms with Crippen LogP contribution in [-0.2, 0) is 0 Å². The van der Waals surface area contributed by atoms with Gasteiger partial charge in [-0.15, -0.1) is 0 Å². The molecular formula is C19H20N4O4. The lowest BCUT2D eigenvalue weighted by molar-refractivity contribution is 0.324. The second-order valence-electron chi connectivity index (χ2n) is 5.58. The number of phenolic OH excluding ortho intramolecular Hbond substituents is 1. The fraction of sp³-hybridized carbons (Fsp3) is 0.158. The number of nitrogens with zero attached hydrogens (tertiary/aromatic N) is 2. The minimum Gasteiger partial charge on any atom is -0.508 e. The van der Waals surface area contributed by atoms with Crippen LogP contribution in [0, 0.1) is 0 Å². The van der Waals surface area contributed by atoms with E-state index in [9.17, 15) is 5.11 Å². The molecule has 0 unspecified atom stereocenters. The summed E-state index contributed by atoms with van der Waals surface area (Å²) in [5, 5.41) is 12.7. The fourth-order valence-electron chi connectivity index (χ4n) is 2.63. The molecule has 0 fully saturated rings. The van der Waals surface area contributed by atoms with Crippen LogP contribution in [0.2, 0.25) is 0 Å². The Bertz CT molecular complexity index is 937. The fourth-order valence-corrected chi connectivity index (χ4v) is 2.63. The third kappa shape index (κ3) is 3.79. The third-order valence-corrected chi connectivity index (χ3v) is 3.90. The van der Waals surface area contributed by atoms with Gasteiger partial charge in [-0.05, 0) is 17.7 Å². The highest BCUT2D eigenvalue weighted by atomic mass is 16.5. The van der Waals surface area contributed by atoms with Gasteiger partial charge in [0.15, 0.2) is 11.5 Å². The number of benzene rings is 2. The summed E-state index contributed by atoms with van der Waals surface area (Å²) in [5.41, 5.74) is 8.07. The van der Waals surface area contributed by atoms with Crippen LogP contribution in [0.1, 0.15) is 0 Å². The Balaban J connectivity index is 1.91. The number of nitrogen functional groups attached to an aromatic ring is 1. The summed E-state index contributed by atoms with van der Waals surface area (Å²) in [6, 6.07) is 10.2. The molecule has 0 aliphatic carbocycles. The van der Waals surface area contributed by atoms with E-state index < -0.39 is 0 Å². The first-order valence-electron chi connectivity index (χ1n) is 8.04. The normalized spacial score (nSPS) is 10.3. The molecule has 0 saturated carbocycles. The second kappa shape index (κ2) is 7.69. The molecular weight excluding hydrogens is 348 g/mol. The molecule has 2 aromatic carbocycles. The molecule has 140 valence electrons. The molecule has 0 aliphatic heterocycles. The van der Waals surface area contributed by atoms with Crippen molar-refractivity contribution in [3.63, 3.8) is 0 Å². The van der Waals surface area contributed by atoms with Gasteiger partial charge in [0.05, 0.1) is 21.3 Å². The molecule has 0 radical (unpaired) electrons. The van der Waals surface area contributed by atoms with Crippen molar-refractivity contribution in [2.45, 2.75) is 0 Å². The first-order chi connectivity index (χ1) is 13.0. The standard InChI is InChI=1S/C19H20N4O4/c1-25-15-8-12(9-16(26-2)17(15)27-3)22-19-21-10-14(18(20)23-19)11-5-4-6-13(24)7-11/h4-10,24H,1-3H3,(H3,20,21,22,23). The number of anilines is 3. The van der Waals surface area contributed by atoms with Crippen molar-refractivity contribution < 1.29 is 19.3 Å². The summed E-state index contributed by atoms with van der Waals surface area (Å²) in [7, 11) is 4.62. The van der Waals surface area contributed by atoms with E-state index in [0.29, 0.717) is 34.4 Å². The minimum atomic E-state index is 0.145. The molecule has 8 nitrogen and oxygen atoms in total. The summed E-state index contributed by atoms with van der Waals surface area (Å²) in [4.78, 5) is 8.59. The summed E-state index contributed by atoms with van der Waals surface area (Å²) in [5.74, 6) is 2.24. The van der Waals surface area contributed by atoms with Crippen LogP contribution in [0.5, 0.6) is 23.0 Å². The zero-order valence-corrected chi connectivity index (χ0v) is 15.2. The summed E-state index contributed by atoms with van der Waals surface area (Å²) in [6.45, 7) is 0. The van der Waals surface area contributed by atoms with Crippen LogP contribution < -0.4 is 25.3 Å². The van der Waals surface area contributed by atoms with E-state index in [-0.39, 0.29) is 11.6 Å². The number of hydrogen-bond donors (Lipinski definition) is 3. The largest absolute Gasteiger partial charge is 0.508 e. The Labute approximate surface area is 156 Å². The molecule has 0 saturated heterocycles. The van der Waals surface area contributed by atoms with Gasteiger partial charge in [-0.3, -0.25) is 0 Å². The van der Waals surface area contributed by atoms with Crippen molar-refractivity contribution in [1.29, 1.82) is 0 Å². The highest BCUT2D eigenvalue weighted by molar-refractivity contribution is 5.75. The maximum atomic E-state index is 9.63. The number of nitrogens with one attached hydrogen (secondary N) is 1. The predicted molar refractivity (Wildman–Crippen MR) is 103 cm³/mol. The average molecular weight is 368 g/mol. The van der Waals surface area contributed by atoms with Crippen LogP contribution in [0.15, 0.2) is 42.6 Å². The van der Waals surface area contributed by atoms with Crippen LogP contribution >= 0.6 is 0 Å². The molecule has 0 atom stereocenters. The number of nitrogens with two attached hydrogens (primary N) is 1. The van der Waals surface area contributed by atoms with Gasteiger partial charge in [-0.1, -0.05) is 12.1 Å². The maximum absolute atomic E-state index is 9.63. The van der Waals surface area contributed by atoms with Gasteiger partial charge in [0, 0.05) is 29.6 Å². The molecule has 1 aromatic heterocycles. The van der Waals surface area contributed by atoms with Crippen molar-refractivity contribution in [1.82, 2.24) is 9.97 Å². The van der Waals surface area contributed by atoms with Gasteiger partial charge < -0.3 is 30.4 Å². The topological polar surface area (TPSA) is 112 Å². The molecule has 4 N–H and O–H groups in total. The molecule has 0 bridgehead atoms. The quantitative estimate of drug-likeness (QED) is 0.608. The summed E-state index contributed by atoms with van der Waals surface area (Å²) >= 11 is 0. The number of hydrogen-bond acceptors (Lipinski definition) is 8. The predicted octanol–water partition coefficient (Wildman–Crippen LogP) is 3.20. The highest BCUT2D eigenvalue weighted by Gasteiger charge is 2.14. The molecule has 8 heteroatoms. The van der Waals surface area contributed by atoms with Crippen LogP contribution in [-0.4, -0.2) is 36.4 Å². The van der Waals surface area contributed by atoms with Gasteiger partial charge in [-0.25, -0.2) is 4.98 Å². The molecule has 1 heterocycles. The zero-order valence-electron chi connectivity index (χ0n) is 15.2. The molecule has 3 aromatic rings. The molecule has 0 aliphatic rings. The Hall–Kier alpha value is -3.68. The monoisotopic (exact) mass is 368 g/mol. The maximum Gasteiger partial charge on any atom is 0.229 e. The lowest BCUT2D eigenvalue weighted by Gasteiger charge is -2.15. The van der Waals surface area contributed by atoms with Crippen molar-refractivity contribution in [3.8, 4) is 34.1 Å². The Morgan fingerprint density at radius 2 is 1.70 bits per heavy atom. The SMILES string of the molecule is COc1cc(Nc2ncc(-c3cccc(O)c3)c(N)n2)cc(OC)c1OC.